The van der Waals surface area contributed by atoms with Crippen LogP contribution in [-0.4, -0.2) is 20.3 Å². The minimum atomic E-state index is -2.73. The molecule has 4 rings (SSSR count). The molecule has 2 aromatic carbocycles. The molecule has 0 amide bonds. The van der Waals surface area contributed by atoms with Gasteiger partial charge in [0.15, 0.2) is 0 Å². The minimum absolute atomic E-state index is 0.0812. The van der Waals surface area contributed by atoms with Gasteiger partial charge in [0, 0.05) is 5.56 Å². The monoisotopic (exact) mass is 381 g/mol. The molecule has 0 aliphatic heterocycles. The molecule has 4 nitrogen and oxygen atoms in total. The Kier molecular flexibility index (Phi) is 4.47. The first-order chi connectivity index (χ1) is 11.6. The fraction of sp³-hybridized carbons (Fsp3) is 0.278. The van der Waals surface area contributed by atoms with Crippen molar-refractivity contribution in [2.45, 2.75) is 37.7 Å². The van der Waals surface area contributed by atoms with Crippen LogP contribution < -0.4 is 0 Å². The predicted octanol–water partition coefficient (Wildman–Crippen LogP) is 4.24. The summed E-state index contributed by atoms with van der Waals surface area (Å²) in [6, 6.07) is 5.61. The van der Waals surface area contributed by atoms with Crippen LogP contribution in [0.1, 0.15) is 42.3 Å². The van der Waals surface area contributed by atoms with E-state index in [1.54, 1.807) is 26.8 Å². The third-order valence-electron chi connectivity index (χ3n) is 3.82. The van der Waals surface area contributed by atoms with Crippen LogP contribution in [0.5, 0.6) is 0 Å². The Labute approximate surface area is 152 Å². The molecule has 2 bridgehead atoms. The SMILES string of the molecule is CC(C)(C)OC(=O)c1cc(-c2cc(S(=O)[O-])c(F)cc2Cl)c2cc1C2. The number of benzene rings is 2. The fourth-order valence-electron chi connectivity index (χ4n) is 2.70. The molecular formula is C18H15ClFO4S-. The second-order valence-corrected chi connectivity index (χ2v) is 8.16. The van der Waals surface area contributed by atoms with Gasteiger partial charge < -0.3 is 9.29 Å². The summed E-state index contributed by atoms with van der Waals surface area (Å²) in [6.07, 6.45) is 0.559. The molecule has 2 aliphatic rings. The van der Waals surface area contributed by atoms with Gasteiger partial charge in [-0.25, -0.2) is 9.18 Å². The fourth-order valence-corrected chi connectivity index (χ4v) is 3.38. The molecule has 0 heterocycles. The summed E-state index contributed by atoms with van der Waals surface area (Å²) in [5.41, 5.74) is 2.52. The standard InChI is InChI=1S/C18H16ClFO4S/c1-18(2,3)24-17(21)12-6-11(9-4-10(12)5-9)13-7-16(25(22)23)15(20)8-14(13)19/h4,6-8H,5H2,1-3H3,(H,22,23)/p-1. The molecule has 1 atom stereocenters. The maximum atomic E-state index is 13.8. The normalized spacial score (nSPS) is 14.0. The van der Waals surface area contributed by atoms with Gasteiger partial charge in [0.2, 0.25) is 0 Å². The van der Waals surface area contributed by atoms with Crippen molar-refractivity contribution in [2.24, 2.45) is 0 Å². The average Bonchev–Trinajstić information content (AvgIpc) is 2.43. The van der Waals surface area contributed by atoms with Gasteiger partial charge in [0.05, 0.1) is 15.5 Å². The average molecular weight is 382 g/mol. The van der Waals surface area contributed by atoms with Crippen LogP contribution in [0.25, 0.3) is 11.1 Å². The van der Waals surface area contributed by atoms with Crippen LogP contribution in [-0.2, 0) is 22.2 Å². The van der Waals surface area contributed by atoms with E-state index < -0.39 is 33.4 Å². The van der Waals surface area contributed by atoms with Gasteiger partial charge in [-0.05, 0) is 73.2 Å². The number of ether oxygens (including phenoxy) is 1. The van der Waals surface area contributed by atoms with Crippen molar-refractivity contribution >= 4 is 28.7 Å². The Hall–Kier alpha value is -1.76. The third kappa shape index (κ3) is 3.47. The highest BCUT2D eigenvalue weighted by Crippen LogP contribution is 2.40. The lowest BCUT2D eigenvalue weighted by molar-refractivity contribution is 0.00680. The summed E-state index contributed by atoms with van der Waals surface area (Å²) in [5.74, 6) is -1.37. The first kappa shape index (κ1) is 18.0. The topological polar surface area (TPSA) is 66.4 Å². The van der Waals surface area contributed by atoms with E-state index in [0.29, 0.717) is 23.1 Å². The molecule has 0 fully saturated rings. The van der Waals surface area contributed by atoms with Crippen molar-refractivity contribution in [3.05, 3.63) is 51.8 Å². The van der Waals surface area contributed by atoms with E-state index in [-0.39, 0.29) is 5.02 Å². The summed E-state index contributed by atoms with van der Waals surface area (Å²) in [5, 5.41) is 0.0812. The molecule has 132 valence electrons. The Morgan fingerprint density at radius 1 is 1.20 bits per heavy atom. The number of carbonyl (C=O) groups excluding carboxylic acids is 1. The van der Waals surface area contributed by atoms with Crippen molar-refractivity contribution in [1.29, 1.82) is 0 Å². The molecular weight excluding hydrogens is 367 g/mol. The van der Waals surface area contributed by atoms with Crippen molar-refractivity contribution < 1.29 is 22.7 Å². The number of carbonyl (C=O) groups is 1. The Bertz CT molecular complexity index is 918. The van der Waals surface area contributed by atoms with Crippen LogP contribution >= 0.6 is 11.6 Å². The molecule has 2 aliphatic carbocycles. The Balaban J connectivity index is 2.09. The number of halogens is 2. The van der Waals surface area contributed by atoms with Gasteiger partial charge in [-0.1, -0.05) is 17.7 Å². The number of esters is 1. The summed E-state index contributed by atoms with van der Waals surface area (Å²) in [6.45, 7) is 5.33. The van der Waals surface area contributed by atoms with Crippen molar-refractivity contribution in [3.63, 3.8) is 0 Å². The zero-order valence-corrected chi connectivity index (χ0v) is 15.4. The summed E-state index contributed by atoms with van der Waals surface area (Å²) in [4.78, 5) is 11.9. The molecule has 2 aromatic rings. The molecule has 0 N–H and O–H groups in total. The lowest BCUT2D eigenvalue weighted by atomic mass is 9.81. The number of hydrogen-bond donors (Lipinski definition) is 0. The van der Waals surface area contributed by atoms with Crippen LogP contribution in [0.3, 0.4) is 0 Å². The zero-order chi connectivity index (χ0) is 18.5. The van der Waals surface area contributed by atoms with Gasteiger partial charge in [-0.3, -0.25) is 4.21 Å². The van der Waals surface area contributed by atoms with Crippen molar-refractivity contribution in [2.75, 3.05) is 0 Å². The minimum Gasteiger partial charge on any atom is -0.768 e. The highest BCUT2D eigenvalue weighted by atomic mass is 35.5. The molecule has 0 saturated heterocycles. The van der Waals surface area contributed by atoms with Crippen molar-refractivity contribution in [1.82, 2.24) is 0 Å². The molecule has 1 unspecified atom stereocenters. The van der Waals surface area contributed by atoms with Gasteiger partial charge in [0.25, 0.3) is 0 Å². The Morgan fingerprint density at radius 3 is 2.40 bits per heavy atom. The number of fused-ring (bicyclic) bond motifs is 2. The smallest absolute Gasteiger partial charge is 0.338 e. The van der Waals surface area contributed by atoms with E-state index in [9.17, 15) is 17.9 Å². The van der Waals surface area contributed by atoms with Crippen LogP contribution in [0, 0.1) is 5.82 Å². The van der Waals surface area contributed by atoms with E-state index in [1.807, 2.05) is 6.07 Å². The summed E-state index contributed by atoms with van der Waals surface area (Å²) in [7, 11) is 0. The molecule has 0 radical (unpaired) electrons. The summed E-state index contributed by atoms with van der Waals surface area (Å²) < 4.78 is 41.5. The second-order valence-electron chi connectivity index (χ2n) is 6.84. The lowest BCUT2D eigenvalue weighted by Crippen LogP contribution is -2.26. The van der Waals surface area contributed by atoms with Crippen LogP contribution in [0.4, 0.5) is 4.39 Å². The maximum Gasteiger partial charge on any atom is 0.338 e. The van der Waals surface area contributed by atoms with Gasteiger partial charge >= 0.3 is 5.97 Å². The quantitative estimate of drug-likeness (QED) is 0.502. The van der Waals surface area contributed by atoms with E-state index in [1.165, 1.54) is 6.07 Å². The summed E-state index contributed by atoms with van der Waals surface area (Å²) >= 11 is 3.39. The molecule has 25 heavy (non-hydrogen) atoms. The second kappa shape index (κ2) is 6.20. The van der Waals surface area contributed by atoms with Gasteiger partial charge in [-0.15, -0.1) is 0 Å². The van der Waals surface area contributed by atoms with Crippen LogP contribution in [0.2, 0.25) is 5.02 Å². The highest BCUT2D eigenvalue weighted by Gasteiger charge is 2.28. The first-order valence-electron chi connectivity index (χ1n) is 7.54. The highest BCUT2D eigenvalue weighted by molar-refractivity contribution is 7.79. The molecule has 0 saturated carbocycles. The number of rotatable bonds is 3. The van der Waals surface area contributed by atoms with E-state index in [2.05, 4.69) is 0 Å². The van der Waals surface area contributed by atoms with Crippen LogP contribution in [0.15, 0.2) is 29.2 Å². The predicted molar refractivity (Wildman–Crippen MR) is 92.0 cm³/mol. The van der Waals surface area contributed by atoms with E-state index in [0.717, 1.165) is 17.2 Å². The molecule has 7 heteroatoms. The Morgan fingerprint density at radius 2 is 1.84 bits per heavy atom. The van der Waals surface area contributed by atoms with Gasteiger partial charge in [0.1, 0.15) is 11.4 Å². The largest absolute Gasteiger partial charge is 0.768 e. The zero-order valence-electron chi connectivity index (χ0n) is 13.8. The maximum absolute atomic E-state index is 13.8. The molecule has 0 aromatic heterocycles. The van der Waals surface area contributed by atoms with Crippen molar-refractivity contribution in [3.8, 4) is 11.1 Å². The van der Waals surface area contributed by atoms with E-state index in [4.69, 9.17) is 16.3 Å². The third-order valence-corrected chi connectivity index (χ3v) is 4.80. The first-order valence-corrected chi connectivity index (χ1v) is 9.00. The number of hydrogen-bond acceptors (Lipinski definition) is 4. The lowest BCUT2D eigenvalue weighted by Gasteiger charge is -2.26. The van der Waals surface area contributed by atoms with Gasteiger partial charge in [-0.2, -0.15) is 0 Å². The van der Waals surface area contributed by atoms with E-state index >= 15 is 0 Å². The molecule has 0 spiro atoms.